The first-order valence-corrected chi connectivity index (χ1v) is 5.04. The third kappa shape index (κ3) is 4.16. The highest BCUT2D eigenvalue weighted by atomic mass is 35.5. The SMILES string of the molecule is Cl.Cl.NCCc1nc(-c2ccc(Cl)cc2)n[nH]1. The van der Waals surface area contributed by atoms with E-state index in [1.54, 1.807) is 0 Å². The molecule has 4 nitrogen and oxygen atoms in total. The third-order valence-corrected chi connectivity index (χ3v) is 2.27. The van der Waals surface area contributed by atoms with Crippen LogP contribution >= 0.6 is 36.4 Å². The van der Waals surface area contributed by atoms with Gasteiger partial charge in [0.25, 0.3) is 0 Å². The fraction of sp³-hybridized carbons (Fsp3) is 0.200. The normalized spacial score (nSPS) is 9.29. The number of nitrogens with one attached hydrogen (secondary N) is 1. The molecule has 0 aliphatic heterocycles. The molecule has 3 N–H and O–H groups in total. The summed E-state index contributed by atoms with van der Waals surface area (Å²) in [7, 11) is 0. The van der Waals surface area contributed by atoms with Gasteiger partial charge in [0.05, 0.1) is 0 Å². The molecule has 0 atom stereocenters. The number of benzene rings is 1. The van der Waals surface area contributed by atoms with Crippen LogP contribution in [0.2, 0.25) is 5.02 Å². The standard InChI is InChI=1S/C10H11ClN4.2ClH/c11-8-3-1-7(2-4-8)10-13-9(5-6-12)14-15-10;;/h1-4H,5-6,12H2,(H,13,14,15);2*1H. The van der Waals surface area contributed by atoms with Crippen LogP contribution in [0.25, 0.3) is 11.4 Å². The minimum absolute atomic E-state index is 0. The van der Waals surface area contributed by atoms with Crippen LogP contribution in [0.15, 0.2) is 24.3 Å². The second-order valence-corrected chi connectivity index (χ2v) is 3.59. The quantitative estimate of drug-likeness (QED) is 0.914. The number of nitrogens with zero attached hydrogens (tertiary/aromatic N) is 2. The van der Waals surface area contributed by atoms with Gasteiger partial charge in [-0.15, -0.1) is 24.8 Å². The van der Waals surface area contributed by atoms with E-state index in [4.69, 9.17) is 17.3 Å². The number of nitrogens with two attached hydrogens (primary N) is 1. The minimum Gasteiger partial charge on any atom is -0.330 e. The molecular weight excluding hydrogens is 282 g/mol. The zero-order valence-corrected chi connectivity index (χ0v) is 11.3. The lowest BCUT2D eigenvalue weighted by molar-refractivity contribution is 0.874. The van der Waals surface area contributed by atoms with Gasteiger partial charge in [0, 0.05) is 17.0 Å². The molecule has 0 aliphatic rings. The van der Waals surface area contributed by atoms with Gasteiger partial charge in [-0.3, -0.25) is 5.10 Å². The zero-order valence-electron chi connectivity index (χ0n) is 8.89. The summed E-state index contributed by atoms with van der Waals surface area (Å²) in [5.74, 6) is 1.48. The maximum atomic E-state index is 5.79. The molecule has 0 fully saturated rings. The maximum absolute atomic E-state index is 5.79. The van der Waals surface area contributed by atoms with E-state index < -0.39 is 0 Å². The number of hydrogen-bond donors (Lipinski definition) is 2. The van der Waals surface area contributed by atoms with Crippen molar-refractivity contribution in [1.82, 2.24) is 15.2 Å². The zero-order chi connectivity index (χ0) is 10.7. The summed E-state index contributed by atoms with van der Waals surface area (Å²) in [6.45, 7) is 0.565. The van der Waals surface area contributed by atoms with Crippen molar-refractivity contribution in [2.75, 3.05) is 6.54 Å². The van der Waals surface area contributed by atoms with E-state index in [1.807, 2.05) is 24.3 Å². The first-order valence-electron chi connectivity index (χ1n) is 4.67. The number of hydrogen-bond acceptors (Lipinski definition) is 3. The van der Waals surface area contributed by atoms with Crippen molar-refractivity contribution < 1.29 is 0 Å². The summed E-state index contributed by atoms with van der Waals surface area (Å²) in [5, 5.41) is 7.65. The summed E-state index contributed by atoms with van der Waals surface area (Å²) in [4.78, 5) is 4.31. The smallest absolute Gasteiger partial charge is 0.181 e. The van der Waals surface area contributed by atoms with Gasteiger partial charge in [0.15, 0.2) is 5.82 Å². The van der Waals surface area contributed by atoms with Crippen molar-refractivity contribution in [2.45, 2.75) is 6.42 Å². The minimum atomic E-state index is 0. The Labute approximate surface area is 117 Å². The van der Waals surface area contributed by atoms with Gasteiger partial charge < -0.3 is 5.73 Å². The summed E-state index contributed by atoms with van der Waals surface area (Å²) >= 11 is 5.79. The van der Waals surface area contributed by atoms with E-state index in [9.17, 15) is 0 Å². The molecule has 0 aliphatic carbocycles. The summed E-state index contributed by atoms with van der Waals surface area (Å²) in [6.07, 6.45) is 0.709. The molecule has 17 heavy (non-hydrogen) atoms. The average molecular weight is 296 g/mol. The van der Waals surface area contributed by atoms with Crippen LogP contribution in [0.4, 0.5) is 0 Å². The molecule has 2 rings (SSSR count). The van der Waals surface area contributed by atoms with Crippen LogP contribution in [0.3, 0.4) is 0 Å². The molecular formula is C10H13Cl3N4. The summed E-state index contributed by atoms with van der Waals surface area (Å²) in [5.41, 5.74) is 6.37. The number of H-pyrrole nitrogens is 1. The Morgan fingerprint density at radius 3 is 2.41 bits per heavy atom. The van der Waals surface area contributed by atoms with Gasteiger partial charge in [-0.05, 0) is 30.8 Å². The highest BCUT2D eigenvalue weighted by Crippen LogP contribution is 2.17. The molecule has 1 heterocycles. The lowest BCUT2D eigenvalue weighted by Crippen LogP contribution is -2.03. The molecule has 0 saturated heterocycles. The van der Waals surface area contributed by atoms with Crippen LogP contribution in [0, 0.1) is 0 Å². The molecule has 0 unspecified atom stereocenters. The molecule has 0 bridgehead atoms. The van der Waals surface area contributed by atoms with E-state index in [2.05, 4.69) is 15.2 Å². The Hall–Kier alpha value is -0.810. The molecule has 0 saturated carbocycles. The molecule has 7 heteroatoms. The largest absolute Gasteiger partial charge is 0.330 e. The van der Waals surface area contributed by atoms with Gasteiger partial charge in [-0.2, -0.15) is 5.10 Å². The average Bonchev–Trinajstić information content (AvgIpc) is 2.68. The van der Waals surface area contributed by atoms with E-state index in [-0.39, 0.29) is 24.8 Å². The van der Waals surface area contributed by atoms with Crippen molar-refractivity contribution in [1.29, 1.82) is 0 Å². The molecule has 0 amide bonds. The Balaban J connectivity index is 0.00000128. The fourth-order valence-corrected chi connectivity index (χ4v) is 1.40. The predicted molar refractivity (Wildman–Crippen MR) is 74.1 cm³/mol. The van der Waals surface area contributed by atoms with Crippen LogP contribution in [0.1, 0.15) is 5.82 Å². The number of halogens is 3. The molecule has 2 aromatic rings. The van der Waals surface area contributed by atoms with Crippen molar-refractivity contribution in [3.05, 3.63) is 35.1 Å². The molecule has 1 aromatic heterocycles. The Morgan fingerprint density at radius 1 is 1.18 bits per heavy atom. The second-order valence-electron chi connectivity index (χ2n) is 3.15. The van der Waals surface area contributed by atoms with Crippen LogP contribution in [-0.4, -0.2) is 21.7 Å². The lowest BCUT2D eigenvalue weighted by Gasteiger charge is -1.94. The molecule has 1 aromatic carbocycles. The predicted octanol–water partition coefficient (Wildman–Crippen LogP) is 2.47. The highest BCUT2D eigenvalue weighted by molar-refractivity contribution is 6.30. The monoisotopic (exact) mass is 294 g/mol. The van der Waals surface area contributed by atoms with E-state index >= 15 is 0 Å². The van der Waals surface area contributed by atoms with Crippen LogP contribution in [-0.2, 0) is 6.42 Å². The van der Waals surface area contributed by atoms with Gasteiger partial charge in [-0.1, -0.05) is 11.6 Å². The molecule has 0 radical (unpaired) electrons. The summed E-state index contributed by atoms with van der Waals surface area (Å²) < 4.78 is 0. The van der Waals surface area contributed by atoms with Crippen LogP contribution < -0.4 is 5.73 Å². The highest BCUT2D eigenvalue weighted by Gasteiger charge is 2.04. The van der Waals surface area contributed by atoms with Crippen molar-refractivity contribution >= 4 is 36.4 Å². The maximum Gasteiger partial charge on any atom is 0.181 e. The van der Waals surface area contributed by atoms with Crippen molar-refractivity contribution in [3.63, 3.8) is 0 Å². The topological polar surface area (TPSA) is 67.6 Å². The first kappa shape index (κ1) is 16.2. The Kier molecular flexibility index (Phi) is 7.15. The van der Waals surface area contributed by atoms with Gasteiger partial charge in [-0.25, -0.2) is 4.98 Å². The third-order valence-electron chi connectivity index (χ3n) is 2.02. The fourth-order valence-electron chi connectivity index (χ4n) is 1.27. The first-order chi connectivity index (χ1) is 7.29. The Bertz CT molecular complexity index is 441. The molecule has 94 valence electrons. The van der Waals surface area contributed by atoms with Gasteiger partial charge in [0.2, 0.25) is 0 Å². The van der Waals surface area contributed by atoms with Gasteiger partial charge in [0.1, 0.15) is 5.82 Å². The van der Waals surface area contributed by atoms with E-state index in [0.29, 0.717) is 23.8 Å². The van der Waals surface area contributed by atoms with Gasteiger partial charge >= 0.3 is 0 Å². The van der Waals surface area contributed by atoms with Crippen molar-refractivity contribution in [2.24, 2.45) is 5.73 Å². The lowest BCUT2D eigenvalue weighted by atomic mass is 10.2. The Morgan fingerprint density at radius 2 is 1.82 bits per heavy atom. The second kappa shape index (κ2) is 7.50. The van der Waals surface area contributed by atoms with E-state index in [1.165, 1.54) is 0 Å². The summed E-state index contributed by atoms with van der Waals surface area (Å²) in [6, 6.07) is 7.40. The van der Waals surface area contributed by atoms with Crippen LogP contribution in [0.5, 0.6) is 0 Å². The molecule has 0 spiro atoms. The number of aromatic amines is 1. The van der Waals surface area contributed by atoms with Crippen molar-refractivity contribution in [3.8, 4) is 11.4 Å². The number of aromatic nitrogens is 3. The number of rotatable bonds is 3. The van der Waals surface area contributed by atoms with E-state index in [0.717, 1.165) is 11.4 Å².